The van der Waals surface area contributed by atoms with E-state index in [2.05, 4.69) is 53.7 Å². The van der Waals surface area contributed by atoms with Crippen LogP contribution < -0.4 is 0 Å². The van der Waals surface area contributed by atoms with Crippen LogP contribution in [0.25, 0.3) is 0 Å². The lowest BCUT2D eigenvalue weighted by molar-refractivity contribution is -0.195. The molecule has 214 valence electrons. The monoisotopic (exact) mass is 528 g/mol. The highest BCUT2D eigenvalue weighted by Crippen LogP contribution is 2.67. The summed E-state index contributed by atoms with van der Waals surface area (Å²) in [5.74, 6) is 3.14. The Balaban J connectivity index is 1.57. The average Bonchev–Trinajstić information content (AvgIpc) is 3.17. The van der Waals surface area contributed by atoms with Crippen molar-refractivity contribution < 1.29 is 23.9 Å². The fourth-order valence-electron chi connectivity index (χ4n) is 9.77. The number of ether oxygens (including phenoxy) is 2. The van der Waals surface area contributed by atoms with Crippen LogP contribution in [0.3, 0.4) is 0 Å². The van der Waals surface area contributed by atoms with Gasteiger partial charge in [0.2, 0.25) is 0 Å². The predicted octanol–water partition coefficient (Wildman–Crippen LogP) is 7.17. The number of fused-ring (bicyclic) bond motifs is 5. The lowest BCUT2D eigenvalue weighted by atomic mass is 9.44. The Labute approximate surface area is 230 Å². The van der Waals surface area contributed by atoms with Crippen molar-refractivity contribution in [2.45, 2.75) is 119 Å². The minimum absolute atomic E-state index is 0.0914. The molecule has 0 spiro atoms. The summed E-state index contributed by atoms with van der Waals surface area (Å²) in [6.07, 6.45) is 11.6. The fraction of sp³-hybridized carbons (Fsp3) is 0.848. The summed E-state index contributed by atoms with van der Waals surface area (Å²) in [4.78, 5) is 37.7. The number of esters is 2. The maximum absolute atomic E-state index is 13.9. The van der Waals surface area contributed by atoms with Crippen LogP contribution in [-0.4, -0.2) is 29.9 Å². The van der Waals surface area contributed by atoms with Crippen molar-refractivity contribution in [2.24, 2.45) is 58.2 Å². The highest BCUT2D eigenvalue weighted by atomic mass is 16.6. The van der Waals surface area contributed by atoms with Gasteiger partial charge in [-0.25, -0.2) is 0 Å². The largest absolute Gasteiger partial charge is 0.459 e. The van der Waals surface area contributed by atoms with Crippen molar-refractivity contribution >= 4 is 17.7 Å². The molecule has 0 heterocycles. The summed E-state index contributed by atoms with van der Waals surface area (Å²) < 4.78 is 11.4. The normalized spacial score (nSPS) is 42.2. The number of rotatable bonds is 7. The first kappa shape index (κ1) is 29.3. The summed E-state index contributed by atoms with van der Waals surface area (Å²) in [6, 6.07) is 0. The van der Waals surface area contributed by atoms with Crippen molar-refractivity contribution in [3.8, 4) is 0 Å². The molecule has 4 aliphatic rings. The van der Waals surface area contributed by atoms with Crippen LogP contribution >= 0.6 is 0 Å². The molecule has 38 heavy (non-hydrogen) atoms. The second-order valence-electron chi connectivity index (χ2n) is 14.1. The highest BCUT2D eigenvalue weighted by Gasteiger charge is 2.64. The van der Waals surface area contributed by atoms with E-state index in [1.165, 1.54) is 26.7 Å². The van der Waals surface area contributed by atoms with Crippen molar-refractivity contribution in [2.75, 3.05) is 0 Å². The molecule has 0 amide bonds. The summed E-state index contributed by atoms with van der Waals surface area (Å²) >= 11 is 0. The van der Waals surface area contributed by atoms with Gasteiger partial charge in [-0.15, -0.1) is 0 Å². The lowest BCUT2D eigenvalue weighted by Gasteiger charge is -2.61. The van der Waals surface area contributed by atoms with Gasteiger partial charge in [-0.2, -0.15) is 0 Å². The molecular weight excluding hydrogens is 476 g/mol. The minimum Gasteiger partial charge on any atom is -0.459 e. The number of hydrogen-bond acceptors (Lipinski definition) is 5. The smallest absolute Gasteiger partial charge is 0.303 e. The topological polar surface area (TPSA) is 69.7 Å². The Morgan fingerprint density at radius 3 is 2.18 bits per heavy atom. The maximum Gasteiger partial charge on any atom is 0.303 e. The molecule has 0 aromatic carbocycles. The summed E-state index contributed by atoms with van der Waals surface area (Å²) in [5.41, 5.74) is 0.0967. The van der Waals surface area contributed by atoms with Crippen LogP contribution in [0.4, 0.5) is 0 Å². The van der Waals surface area contributed by atoms with E-state index in [1.54, 1.807) is 0 Å². The zero-order valence-electron chi connectivity index (χ0n) is 25.1. The first-order chi connectivity index (χ1) is 17.8. The molecule has 5 heteroatoms. The van der Waals surface area contributed by atoms with E-state index in [9.17, 15) is 14.4 Å². The number of carbonyl (C=O) groups excluding carboxylic acids is 3. The number of ketones is 1. The first-order valence-corrected chi connectivity index (χ1v) is 15.4. The zero-order valence-corrected chi connectivity index (χ0v) is 25.1. The van der Waals surface area contributed by atoms with E-state index in [4.69, 9.17) is 9.47 Å². The molecule has 0 aromatic heterocycles. The van der Waals surface area contributed by atoms with Crippen molar-refractivity contribution in [3.05, 3.63) is 12.2 Å². The third-order valence-corrected chi connectivity index (χ3v) is 11.8. The molecule has 1 unspecified atom stereocenters. The Morgan fingerprint density at radius 2 is 1.58 bits per heavy atom. The van der Waals surface area contributed by atoms with Gasteiger partial charge >= 0.3 is 11.9 Å². The van der Waals surface area contributed by atoms with Gasteiger partial charge in [-0.05, 0) is 97.2 Å². The highest BCUT2D eigenvalue weighted by molar-refractivity contribution is 5.83. The van der Waals surface area contributed by atoms with E-state index in [-0.39, 0.29) is 34.6 Å². The van der Waals surface area contributed by atoms with Gasteiger partial charge in [0, 0.05) is 26.2 Å². The SMILES string of the molecule is CC[C@H](/C=C/[C@@H](C)[C@H]1CC[C@H]2[C@@H]3C(=O)CC4C[C@H](OC(C)=O)[C@H](OC(C)=O)C[C@]4(C)[C@H]3CC[C@]12C)C(C)C. The first-order valence-electron chi connectivity index (χ1n) is 15.4. The number of allylic oxidation sites excluding steroid dienone is 2. The standard InChI is InChI=1S/C33H52O5/c1-9-23(19(2)3)11-10-20(4)25-12-13-26-31-27(14-15-32(25,26)7)33(8)18-30(38-22(6)35)29(37-21(5)34)17-24(33)16-28(31)36/h10-11,19-20,23-27,29-31H,9,12-18H2,1-8H3/b11-10+/t20-,23-,24?,25-,26+,27+,29+,30-,31+,32-,33+/m1/s1. The van der Waals surface area contributed by atoms with E-state index in [0.717, 1.165) is 19.3 Å². The number of Topliss-reactive ketones (excluding diaryl/α,β-unsaturated/α-hetero) is 1. The Morgan fingerprint density at radius 1 is 0.947 bits per heavy atom. The molecule has 4 rings (SSSR count). The van der Waals surface area contributed by atoms with Gasteiger partial charge in [-0.3, -0.25) is 14.4 Å². The van der Waals surface area contributed by atoms with Crippen LogP contribution in [0.2, 0.25) is 0 Å². The molecule has 11 atom stereocenters. The van der Waals surface area contributed by atoms with Crippen molar-refractivity contribution in [1.82, 2.24) is 0 Å². The average molecular weight is 529 g/mol. The van der Waals surface area contributed by atoms with Crippen molar-refractivity contribution in [1.29, 1.82) is 0 Å². The second-order valence-corrected chi connectivity index (χ2v) is 14.1. The van der Waals surface area contributed by atoms with E-state index in [0.29, 0.717) is 60.6 Å². The van der Waals surface area contributed by atoms with Crippen LogP contribution in [0.1, 0.15) is 107 Å². The third kappa shape index (κ3) is 5.24. The Bertz CT molecular complexity index is 938. The Kier molecular flexibility index (Phi) is 8.56. The van der Waals surface area contributed by atoms with Crippen LogP contribution in [0.5, 0.6) is 0 Å². The van der Waals surface area contributed by atoms with Gasteiger partial charge in [0.25, 0.3) is 0 Å². The molecule has 0 aromatic rings. The molecule has 0 bridgehead atoms. The Hall–Kier alpha value is -1.65. The van der Waals surface area contributed by atoms with Gasteiger partial charge in [-0.1, -0.05) is 53.7 Å². The van der Waals surface area contributed by atoms with Crippen LogP contribution in [-0.2, 0) is 23.9 Å². The zero-order chi connectivity index (χ0) is 28.0. The quantitative estimate of drug-likeness (QED) is 0.259. The van der Waals surface area contributed by atoms with E-state index < -0.39 is 12.2 Å². The molecule has 4 aliphatic carbocycles. The molecule has 4 saturated carbocycles. The maximum atomic E-state index is 13.9. The van der Waals surface area contributed by atoms with Gasteiger partial charge < -0.3 is 9.47 Å². The number of hydrogen-bond donors (Lipinski definition) is 0. The molecular formula is C33H52O5. The van der Waals surface area contributed by atoms with E-state index >= 15 is 0 Å². The molecule has 4 fully saturated rings. The fourth-order valence-corrected chi connectivity index (χ4v) is 9.77. The summed E-state index contributed by atoms with van der Waals surface area (Å²) in [5, 5.41) is 0. The second kappa shape index (κ2) is 11.1. The molecule has 0 N–H and O–H groups in total. The van der Waals surface area contributed by atoms with Crippen LogP contribution in [0, 0.1) is 58.2 Å². The van der Waals surface area contributed by atoms with Gasteiger partial charge in [0.15, 0.2) is 0 Å². The molecule has 0 radical (unpaired) electrons. The van der Waals surface area contributed by atoms with Crippen molar-refractivity contribution in [3.63, 3.8) is 0 Å². The molecule has 5 nitrogen and oxygen atoms in total. The van der Waals surface area contributed by atoms with Gasteiger partial charge in [0.1, 0.15) is 18.0 Å². The predicted molar refractivity (Wildman–Crippen MR) is 149 cm³/mol. The van der Waals surface area contributed by atoms with Gasteiger partial charge in [0.05, 0.1) is 0 Å². The summed E-state index contributed by atoms with van der Waals surface area (Å²) in [7, 11) is 0. The summed E-state index contributed by atoms with van der Waals surface area (Å²) in [6.45, 7) is 16.9. The minimum atomic E-state index is -0.464. The molecule has 0 saturated heterocycles. The number of carbonyl (C=O) groups is 3. The van der Waals surface area contributed by atoms with Crippen LogP contribution in [0.15, 0.2) is 12.2 Å². The van der Waals surface area contributed by atoms with E-state index in [1.807, 2.05) is 0 Å². The molecule has 0 aliphatic heterocycles. The lowest BCUT2D eigenvalue weighted by Crippen LogP contribution is -2.60. The third-order valence-electron chi connectivity index (χ3n) is 11.8.